The number of nitrogens with one attached hydrogen (secondary N) is 5. The molecular weight excluding hydrogens is 849 g/mol. The number of amides is 9. The van der Waals surface area contributed by atoms with Crippen LogP contribution in [0.15, 0.2) is 36.4 Å². The lowest BCUT2D eigenvalue weighted by Crippen LogP contribution is -2.65. The molecule has 0 radical (unpaired) electrons. The lowest BCUT2D eigenvalue weighted by Gasteiger charge is -2.46. The molecule has 0 aliphatic carbocycles. The zero-order valence-corrected chi connectivity index (χ0v) is 36.7. The van der Waals surface area contributed by atoms with E-state index in [1.807, 2.05) is 0 Å². The van der Waals surface area contributed by atoms with Crippen LogP contribution in [0.2, 0.25) is 0 Å². The molecule has 1 aromatic carbocycles. The second-order valence-corrected chi connectivity index (χ2v) is 17.2. The number of aliphatic hydroxyl groups is 2. The highest BCUT2D eigenvalue weighted by Gasteiger charge is 2.56. The van der Waals surface area contributed by atoms with E-state index in [0.29, 0.717) is 56.6 Å². The summed E-state index contributed by atoms with van der Waals surface area (Å²) in [6, 6.07) is 1.63. The van der Waals surface area contributed by atoms with E-state index in [-0.39, 0.29) is 87.4 Å². The number of anilines is 1. The van der Waals surface area contributed by atoms with Gasteiger partial charge in [0.05, 0.1) is 24.7 Å². The number of hydrogen-bond donors (Lipinski definition) is 9. The third-order valence-corrected chi connectivity index (χ3v) is 12.2. The fraction of sp³-hybridized carbons (Fsp3) is 0.605. The van der Waals surface area contributed by atoms with Gasteiger partial charge in [-0.05, 0) is 68.1 Å². The number of primary amides is 1. The Morgan fingerprint density at radius 3 is 2.22 bits per heavy atom. The van der Waals surface area contributed by atoms with Gasteiger partial charge in [-0.2, -0.15) is 0 Å². The smallest absolute Gasteiger partial charge is 0.410 e. The van der Waals surface area contributed by atoms with E-state index in [0.717, 1.165) is 9.80 Å². The van der Waals surface area contributed by atoms with Crippen molar-refractivity contribution in [1.29, 1.82) is 5.41 Å². The molecule has 0 aromatic heterocycles. The van der Waals surface area contributed by atoms with Crippen LogP contribution < -0.4 is 32.7 Å². The van der Waals surface area contributed by atoms with Gasteiger partial charge >= 0.3 is 12.1 Å². The first-order chi connectivity index (χ1) is 31.0. The lowest BCUT2D eigenvalue weighted by molar-refractivity contribution is -0.154. The summed E-state index contributed by atoms with van der Waals surface area (Å²) in [4.78, 5) is 105. The number of ether oxygens (including phenoxy) is 2. The van der Waals surface area contributed by atoms with Crippen molar-refractivity contribution in [2.45, 2.75) is 108 Å². The van der Waals surface area contributed by atoms with E-state index in [2.05, 4.69) is 21.3 Å². The van der Waals surface area contributed by atoms with Crippen molar-refractivity contribution in [3.05, 3.63) is 42.0 Å². The Balaban J connectivity index is 1.13. The third kappa shape index (κ3) is 13.2. The number of fused-ring (bicyclic) bond motifs is 1. The fourth-order valence-electron chi connectivity index (χ4n) is 8.69. The molecule has 65 heavy (non-hydrogen) atoms. The van der Waals surface area contributed by atoms with E-state index in [4.69, 9.17) is 26.4 Å². The number of hydrogen-bond acceptors (Lipinski definition) is 13. The van der Waals surface area contributed by atoms with E-state index in [1.165, 1.54) is 17.1 Å². The maximum atomic E-state index is 13.6. The van der Waals surface area contributed by atoms with Crippen molar-refractivity contribution >= 4 is 59.1 Å². The fourth-order valence-corrected chi connectivity index (χ4v) is 8.69. The Labute approximate surface area is 376 Å². The second-order valence-electron chi connectivity index (χ2n) is 17.2. The van der Waals surface area contributed by atoms with E-state index in [9.17, 15) is 48.6 Å². The van der Waals surface area contributed by atoms with E-state index >= 15 is 0 Å². The van der Waals surface area contributed by atoms with Crippen LogP contribution in [0, 0.1) is 23.2 Å². The van der Waals surface area contributed by atoms with Gasteiger partial charge in [0.25, 0.3) is 17.7 Å². The Kier molecular flexibility index (Phi) is 17.8. The number of β-amino-alcohol motifs (C(OH)–C–C–N with tert-alkyl or cyclic N) is 1. The Morgan fingerprint density at radius 2 is 1.58 bits per heavy atom. The minimum atomic E-state index is -1.68. The predicted molar refractivity (Wildman–Crippen MR) is 232 cm³/mol. The monoisotopic (exact) mass is 910 g/mol. The second kappa shape index (κ2) is 23.2. The standard InChI is InChI=1S/C43H62N10O12/c1-24(2)34(50-31(55)8-4-3-5-18-51-32(56)13-14-33(51)57)40(60)49-29(7-6-17-47-42(46)62)39(59)48-27-11-9-25(10-12-27)23-65-43(63)53-22-30(54)28-21-52(41(61)37(58)36(28)53)35(38(44)45)26-15-19-64-20-16-26/h9-14,24,26,28-30,34-37,54,58H,3-8,15-23H2,1-2H3,(H3,44,45)(H,48,59)(H,49,60)(H,50,55)(H3,46,47,62)/t28-,29-,30+,34-,35+,36?,37-/m0/s1. The topological polar surface area (TPSA) is 329 Å². The van der Waals surface area contributed by atoms with Crippen molar-refractivity contribution < 1.29 is 58.0 Å². The van der Waals surface area contributed by atoms with E-state index < -0.39 is 72.1 Å². The number of amidine groups is 1. The molecule has 22 nitrogen and oxygen atoms in total. The number of rotatable bonds is 21. The maximum absolute atomic E-state index is 13.6. The summed E-state index contributed by atoms with van der Waals surface area (Å²) in [7, 11) is 0. The number of unbranched alkanes of at least 4 members (excludes halogenated alkanes) is 2. The van der Waals surface area contributed by atoms with Crippen LogP contribution in [-0.4, -0.2) is 154 Å². The Hall–Kier alpha value is -6.13. The summed E-state index contributed by atoms with van der Waals surface area (Å²) in [6.45, 7) is 4.34. The molecule has 1 aromatic rings. The number of nitrogens with zero attached hydrogens (tertiary/aromatic N) is 3. The molecule has 5 rings (SSSR count). The van der Waals surface area contributed by atoms with Crippen molar-refractivity contribution in [3.8, 4) is 0 Å². The molecule has 0 bridgehead atoms. The van der Waals surface area contributed by atoms with Gasteiger partial charge in [0.1, 0.15) is 24.5 Å². The van der Waals surface area contributed by atoms with Crippen LogP contribution in [0.5, 0.6) is 0 Å². The highest BCUT2D eigenvalue weighted by atomic mass is 16.6. The highest BCUT2D eigenvalue weighted by Crippen LogP contribution is 2.36. The van der Waals surface area contributed by atoms with E-state index in [1.54, 1.807) is 38.1 Å². The molecule has 9 amide bonds. The molecule has 3 fully saturated rings. The molecule has 22 heteroatoms. The SMILES string of the molecule is CC(C)[C@H](NC(=O)CCCCCN1C(=O)C=CC1=O)C(=O)N[C@@H](CCCNC(N)=O)C(=O)Nc1ccc(COC(=O)N2C[C@@H](O)[C@@H]3CN([C@@H](C(=N)N)C4CCOCC4)C(=O)[C@@H](O)C32)cc1. The number of piperidine rings is 1. The molecule has 0 saturated carbocycles. The average Bonchev–Trinajstić information content (AvgIpc) is 3.78. The van der Waals surface area contributed by atoms with Crippen molar-refractivity contribution in [3.63, 3.8) is 0 Å². The summed E-state index contributed by atoms with van der Waals surface area (Å²) in [6.07, 6.45) is 1.96. The summed E-state index contributed by atoms with van der Waals surface area (Å²) in [5, 5.41) is 41.1. The molecule has 3 saturated heterocycles. The van der Waals surface area contributed by atoms with Crippen LogP contribution in [0.25, 0.3) is 0 Å². The Bertz CT molecular complexity index is 1940. The zero-order chi connectivity index (χ0) is 47.4. The minimum Gasteiger partial charge on any atom is -0.445 e. The highest BCUT2D eigenvalue weighted by molar-refractivity contribution is 6.12. The number of urea groups is 1. The minimum absolute atomic E-state index is 0.0138. The van der Waals surface area contributed by atoms with Crippen LogP contribution in [0.3, 0.4) is 0 Å². The number of nitrogens with two attached hydrogens (primary N) is 2. The first-order valence-corrected chi connectivity index (χ1v) is 22.0. The number of benzene rings is 1. The number of carbonyl (C=O) groups is 8. The molecule has 4 aliphatic heterocycles. The molecule has 0 spiro atoms. The molecule has 4 heterocycles. The summed E-state index contributed by atoms with van der Waals surface area (Å²) in [5.41, 5.74) is 12.0. The molecule has 1 unspecified atom stereocenters. The van der Waals surface area contributed by atoms with Gasteiger partial charge in [-0.3, -0.25) is 44.0 Å². The van der Waals surface area contributed by atoms with Crippen LogP contribution >= 0.6 is 0 Å². The average molecular weight is 911 g/mol. The van der Waals surface area contributed by atoms with Crippen molar-refractivity contribution in [2.75, 3.05) is 44.7 Å². The largest absolute Gasteiger partial charge is 0.445 e. The van der Waals surface area contributed by atoms with Gasteiger partial charge in [-0.25, -0.2) is 9.59 Å². The molecule has 11 N–H and O–H groups in total. The number of likely N-dealkylation sites (tertiary alicyclic amines) is 2. The first kappa shape index (κ1) is 49.9. The normalized spacial score (nSPS) is 22.3. The van der Waals surface area contributed by atoms with Crippen LogP contribution in [-0.2, 0) is 44.8 Å². The van der Waals surface area contributed by atoms with Crippen molar-refractivity contribution in [1.82, 2.24) is 30.7 Å². The lowest BCUT2D eigenvalue weighted by atomic mass is 9.83. The molecule has 356 valence electrons. The zero-order valence-electron chi connectivity index (χ0n) is 36.7. The molecular formula is C43H62N10O12. The summed E-state index contributed by atoms with van der Waals surface area (Å²) < 4.78 is 11.0. The quantitative estimate of drug-likeness (QED) is 0.0323. The number of aliphatic hydroxyl groups excluding tert-OH is 2. The maximum Gasteiger partial charge on any atom is 0.410 e. The van der Waals surface area contributed by atoms with Crippen LogP contribution in [0.1, 0.15) is 70.8 Å². The Morgan fingerprint density at radius 1 is 0.908 bits per heavy atom. The predicted octanol–water partition coefficient (Wildman–Crippen LogP) is -0.583. The first-order valence-electron chi connectivity index (χ1n) is 22.0. The number of carbonyl (C=O) groups excluding carboxylic acids is 8. The van der Waals surface area contributed by atoms with Gasteiger partial charge in [0.15, 0.2) is 6.10 Å². The summed E-state index contributed by atoms with van der Waals surface area (Å²) in [5.74, 6) is -4.43. The van der Waals surface area contributed by atoms with Gasteiger partial charge in [-0.1, -0.05) is 32.4 Å². The van der Waals surface area contributed by atoms with Gasteiger partial charge < -0.3 is 57.3 Å². The van der Waals surface area contributed by atoms with Gasteiger partial charge in [-0.15, -0.1) is 0 Å². The third-order valence-electron chi connectivity index (χ3n) is 12.2. The van der Waals surface area contributed by atoms with Crippen LogP contribution in [0.4, 0.5) is 15.3 Å². The van der Waals surface area contributed by atoms with Gasteiger partial charge in [0, 0.05) is 63.0 Å². The molecule has 4 aliphatic rings. The van der Waals surface area contributed by atoms with Crippen molar-refractivity contribution in [2.24, 2.45) is 29.2 Å². The number of imide groups is 1. The van der Waals surface area contributed by atoms with Gasteiger partial charge in [0.2, 0.25) is 17.7 Å². The summed E-state index contributed by atoms with van der Waals surface area (Å²) >= 11 is 0. The molecule has 7 atom stereocenters.